The van der Waals surface area contributed by atoms with E-state index in [1.165, 1.54) is 12.1 Å². The lowest BCUT2D eigenvalue weighted by Crippen LogP contribution is -2.12. The Morgan fingerprint density at radius 2 is 1.74 bits per heavy atom. The number of hydrogen-bond acceptors (Lipinski definition) is 3. The van der Waals surface area contributed by atoms with E-state index in [1.807, 2.05) is 36.5 Å². The summed E-state index contributed by atoms with van der Waals surface area (Å²) in [7, 11) is 0. The Balaban J connectivity index is 1.90. The van der Waals surface area contributed by atoms with Crippen LogP contribution in [0.25, 0.3) is 0 Å². The fourth-order valence-electron chi connectivity index (χ4n) is 2.49. The van der Waals surface area contributed by atoms with E-state index in [9.17, 15) is 4.39 Å². The lowest BCUT2D eigenvalue weighted by molar-refractivity contribution is 0.269. The lowest BCUT2D eigenvalue weighted by atomic mass is 9.98. The molecular formula is C18H18FN3O. The van der Waals surface area contributed by atoms with Gasteiger partial charge in [-0.1, -0.05) is 42.5 Å². The molecule has 0 aliphatic rings. The van der Waals surface area contributed by atoms with Crippen molar-refractivity contribution in [1.82, 2.24) is 9.78 Å². The monoisotopic (exact) mass is 311 g/mol. The summed E-state index contributed by atoms with van der Waals surface area (Å²) in [6.07, 6.45) is 3.56. The molecule has 3 rings (SSSR count). The standard InChI is InChI=1S/C18H18FN3O/c19-16-8-6-15(7-9-16)18(14-4-2-1-3-5-14)21-17-12-20-22(13-17)10-11-23/h1-9,12-13,18,21,23H,10-11H2. The fraction of sp³-hybridized carbons (Fsp3) is 0.167. The molecule has 1 heterocycles. The number of halogens is 1. The van der Waals surface area contributed by atoms with Gasteiger partial charge in [-0.3, -0.25) is 4.68 Å². The summed E-state index contributed by atoms with van der Waals surface area (Å²) < 4.78 is 14.9. The van der Waals surface area contributed by atoms with Crippen molar-refractivity contribution in [1.29, 1.82) is 0 Å². The Bertz CT molecular complexity index is 740. The van der Waals surface area contributed by atoms with Gasteiger partial charge in [0.05, 0.1) is 31.1 Å². The summed E-state index contributed by atoms with van der Waals surface area (Å²) in [6.45, 7) is 0.495. The molecular weight excluding hydrogens is 293 g/mol. The highest BCUT2D eigenvalue weighted by atomic mass is 19.1. The predicted molar refractivity (Wildman–Crippen MR) is 87.6 cm³/mol. The molecule has 0 fully saturated rings. The molecule has 0 bridgehead atoms. The van der Waals surface area contributed by atoms with Crippen LogP contribution in [-0.4, -0.2) is 21.5 Å². The van der Waals surface area contributed by atoms with Crippen molar-refractivity contribution >= 4 is 5.69 Å². The Morgan fingerprint density at radius 1 is 1.04 bits per heavy atom. The van der Waals surface area contributed by atoms with Gasteiger partial charge in [0, 0.05) is 6.20 Å². The number of nitrogens with zero attached hydrogens (tertiary/aromatic N) is 2. The van der Waals surface area contributed by atoms with Crippen molar-refractivity contribution in [3.63, 3.8) is 0 Å². The van der Waals surface area contributed by atoms with Gasteiger partial charge in [0.25, 0.3) is 0 Å². The first-order valence-corrected chi connectivity index (χ1v) is 7.46. The van der Waals surface area contributed by atoms with Gasteiger partial charge in [-0.05, 0) is 23.3 Å². The molecule has 118 valence electrons. The topological polar surface area (TPSA) is 50.1 Å². The lowest BCUT2D eigenvalue weighted by Gasteiger charge is -2.20. The number of aliphatic hydroxyl groups excluding tert-OH is 1. The largest absolute Gasteiger partial charge is 0.394 e. The molecule has 0 radical (unpaired) electrons. The molecule has 5 heteroatoms. The second kappa shape index (κ2) is 7.07. The second-order valence-electron chi connectivity index (χ2n) is 5.26. The molecule has 0 aliphatic heterocycles. The van der Waals surface area contributed by atoms with Crippen LogP contribution < -0.4 is 5.32 Å². The average Bonchev–Trinajstić information content (AvgIpc) is 3.02. The zero-order chi connectivity index (χ0) is 16.1. The second-order valence-corrected chi connectivity index (χ2v) is 5.26. The Hall–Kier alpha value is -2.66. The van der Waals surface area contributed by atoms with Crippen molar-refractivity contribution < 1.29 is 9.50 Å². The van der Waals surface area contributed by atoms with Crippen LogP contribution in [0.5, 0.6) is 0 Å². The van der Waals surface area contributed by atoms with E-state index in [2.05, 4.69) is 10.4 Å². The third-order valence-corrected chi connectivity index (χ3v) is 3.61. The maximum absolute atomic E-state index is 13.2. The molecule has 0 amide bonds. The first-order valence-electron chi connectivity index (χ1n) is 7.46. The van der Waals surface area contributed by atoms with Gasteiger partial charge in [0.2, 0.25) is 0 Å². The van der Waals surface area contributed by atoms with Crippen molar-refractivity contribution in [3.05, 3.63) is 83.9 Å². The molecule has 0 saturated heterocycles. The molecule has 1 unspecified atom stereocenters. The average molecular weight is 311 g/mol. The van der Waals surface area contributed by atoms with Crippen molar-refractivity contribution in [2.75, 3.05) is 11.9 Å². The van der Waals surface area contributed by atoms with E-state index >= 15 is 0 Å². The first-order chi connectivity index (χ1) is 11.3. The number of aliphatic hydroxyl groups is 1. The van der Waals surface area contributed by atoms with E-state index < -0.39 is 0 Å². The smallest absolute Gasteiger partial charge is 0.123 e. The highest BCUT2D eigenvalue weighted by Gasteiger charge is 2.14. The van der Waals surface area contributed by atoms with Gasteiger partial charge in [-0.15, -0.1) is 0 Å². The molecule has 2 N–H and O–H groups in total. The summed E-state index contributed by atoms with van der Waals surface area (Å²) in [4.78, 5) is 0. The summed E-state index contributed by atoms with van der Waals surface area (Å²) in [5, 5.41) is 16.6. The highest BCUT2D eigenvalue weighted by Crippen LogP contribution is 2.26. The molecule has 1 aromatic heterocycles. The predicted octanol–water partition coefficient (Wildman–Crippen LogP) is 3.22. The van der Waals surface area contributed by atoms with Crippen molar-refractivity contribution in [3.8, 4) is 0 Å². The molecule has 1 atom stereocenters. The minimum atomic E-state index is -0.253. The number of anilines is 1. The molecule has 0 aliphatic carbocycles. The van der Waals surface area contributed by atoms with Crippen molar-refractivity contribution in [2.24, 2.45) is 0 Å². The van der Waals surface area contributed by atoms with Crippen LogP contribution in [0.3, 0.4) is 0 Å². The Labute approximate surface area is 134 Å². The van der Waals surface area contributed by atoms with Gasteiger partial charge < -0.3 is 10.4 Å². The van der Waals surface area contributed by atoms with E-state index in [0.29, 0.717) is 6.54 Å². The maximum Gasteiger partial charge on any atom is 0.123 e. The van der Waals surface area contributed by atoms with E-state index in [0.717, 1.165) is 16.8 Å². The first kappa shape index (κ1) is 15.2. The van der Waals surface area contributed by atoms with Gasteiger partial charge in [0.1, 0.15) is 5.82 Å². The third-order valence-electron chi connectivity index (χ3n) is 3.61. The number of hydrogen-bond donors (Lipinski definition) is 2. The zero-order valence-corrected chi connectivity index (χ0v) is 12.6. The number of benzene rings is 2. The van der Waals surface area contributed by atoms with E-state index in [4.69, 9.17) is 5.11 Å². The molecule has 2 aromatic carbocycles. The molecule has 3 aromatic rings. The summed E-state index contributed by atoms with van der Waals surface area (Å²) in [5.41, 5.74) is 2.89. The van der Waals surface area contributed by atoms with Crippen LogP contribution in [0.15, 0.2) is 67.0 Å². The van der Waals surface area contributed by atoms with E-state index in [1.54, 1.807) is 23.0 Å². The van der Waals surface area contributed by atoms with Crippen LogP contribution in [0, 0.1) is 5.82 Å². The number of rotatable bonds is 6. The molecule has 0 saturated carbocycles. The number of aromatic nitrogens is 2. The van der Waals surface area contributed by atoms with Crippen LogP contribution in [0.4, 0.5) is 10.1 Å². The molecule has 4 nitrogen and oxygen atoms in total. The molecule has 23 heavy (non-hydrogen) atoms. The Morgan fingerprint density at radius 3 is 2.43 bits per heavy atom. The summed E-state index contributed by atoms with van der Waals surface area (Å²) in [5.74, 6) is -0.253. The fourth-order valence-corrected chi connectivity index (χ4v) is 2.49. The third kappa shape index (κ3) is 3.76. The van der Waals surface area contributed by atoms with Gasteiger partial charge in [-0.25, -0.2) is 4.39 Å². The number of nitrogens with one attached hydrogen (secondary N) is 1. The van der Waals surface area contributed by atoms with E-state index in [-0.39, 0.29) is 18.5 Å². The quantitative estimate of drug-likeness (QED) is 0.735. The highest BCUT2D eigenvalue weighted by molar-refractivity contribution is 5.46. The minimum absolute atomic E-state index is 0.0429. The Kier molecular flexibility index (Phi) is 4.68. The van der Waals surface area contributed by atoms with Crippen molar-refractivity contribution in [2.45, 2.75) is 12.6 Å². The normalized spacial score (nSPS) is 12.1. The SMILES string of the molecule is OCCn1cc(NC(c2ccccc2)c2ccc(F)cc2)cn1. The van der Waals surface area contributed by atoms with Crippen LogP contribution >= 0.6 is 0 Å². The van der Waals surface area contributed by atoms with Gasteiger partial charge in [0.15, 0.2) is 0 Å². The van der Waals surface area contributed by atoms with Gasteiger partial charge in [-0.2, -0.15) is 5.10 Å². The molecule has 0 spiro atoms. The van der Waals surface area contributed by atoms with Crippen LogP contribution in [0.1, 0.15) is 17.2 Å². The van der Waals surface area contributed by atoms with Gasteiger partial charge >= 0.3 is 0 Å². The minimum Gasteiger partial charge on any atom is -0.394 e. The van der Waals surface area contributed by atoms with Crippen LogP contribution in [0.2, 0.25) is 0 Å². The maximum atomic E-state index is 13.2. The zero-order valence-electron chi connectivity index (χ0n) is 12.6. The summed E-state index contributed by atoms with van der Waals surface area (Å²) >= 11 is 0. The summed E-state index contributed by atoms with van der Waals surface area (Å²) in [6, 6.07) is 16.3. The van der Waals surface area contributed by atoms with Crippen LogP contribution in [-0.2, 0) is 6.54 Å².